The fraction of sp³-hybridized carbons (Fsp3) is 0.118. The Hall–Kier alpha value is -2.75. The maximum absolute atomic E-state index is 12.2. The Labute approximate surface area is 122 Å². The van der Waals surface area contributed by atoms with Gasteiger partial charge in [-0.15, -0.1) is 0 Å². The first-order valence-electron chi connectivity index (χ1n) is 6.57. The van der Waals surface area contributed by atoms with Crippen molar-refractivity contribution in [1.82, 2.24) is 4.98 Å². The van der Waals surface area contributed by atoms with Gasteiger partial charge in [-0.2, -0.15) is 0 Å². The van der Waals surface area contributed by atoms with E-state index >= 15 is 0 Å². The van der Waals surface area contributed by atoms with E-state index in [2.05, 4.69) is 4.98 Å². The summed E-state index contributed by atoms with van der Waals surface area (Å²) in [6, 6.07) is 15.0. The zero-order valence-electron chi connectivity index (χ0n) is 11.8. The number of benzene rings is 2. The Bertz CT molecular complexity index is 830. The molecule has 21 heavy (non-hydrogen) atoms. The molecule has 3 rings (SSSR count). The van der Waals surface area contributed by atoms with Crippen LogP contribution < -0.4 is 15.0 Å². The third kappa shape index (κ3) is 2.48. The predicted molar refractivity (Wildman–Crippen MR) is 83.1 cm³/mol. The van der Waals surface area contributed by atoms with Gasteiger partial charge in [-0.25, -0.2) is 0 Å². The number of hydrogen-bond donors (Lipinski definition) is 1. The minimum absolute atomic E-state index is 0.107. The number of rotatable bonds is 3. The van der Waals surface area contributed by atoms with Crippen LogP contribution in [0.2, 0.25) is 0 Å². The van der Waals surface area contributed by atoms with Crippen molar-refractivity contribution in [2.75, 3.05) is 14.2 Å². The summed E-state index contributed by atoms with van der Waals surface area (Å²) in [7, 11) is 3.20. The lowest BCUT2D eigenvalue weighted by molar-refractivity contribution is 0.394. The zero-order valence-corrected chi connectivity index (χ0v) is 11.8. The molecule has 0 aliphatic carbocycles. The summed E-state index contributed by atoms with van der Waals surface area (Å²) in [4.78, 5) is 15.1. The average molecular weight is 281 g/mol. The highest BCUT2D eigenvalue weighted by atomic mass is 16.5. The average Bonchev–Trinajstić information content (AvgIpc) is 2.54. The van der Waals surface area contributed by atoms with Gasteiger partial charge in [0, 0.05) is 22.7 Å². The van der Waals surface area contributed by atoms with Gasteiger partial charge in [0.1, 0.15) is 11.5 Å². The number of methoxy groups -OCH3 is 2. The molecule has 2 aromatic carbocycles. The molecule has 0 amide bonds. The SMILES string of the molecule is COc1cc(OC)cc(-c2cc3ccccc3c(=O)[nH]2)c1. The van der Waals surface area contributed by atoms with Gasteiger partial charge in [0.15, 0.2) is 0 Å². The molecule has 0 bridgehead atoms. The van der Waals surface area contributed by atoms with Crippen LogP contribution in [0.3, 0.4) is 0 Å². The largest absolute Gasteiger partial charge is 0.497 e. The molecule has 0 aliphatic rings. The molecular formula is C17H15NO3. The number of ether oxygens (including phenoxy) is 2. The van der Waals surface area contributed by atoms with Crippen LogP contribution in [0.4, 0.5) is 0 Å². The van der Waals surface area contributed by atoms with Crippen LogP contribution in [-0.4, -0.2) is 19.2 Å². The number of aromatic nitrogens is 1. The fourth-order valence-corrected chi connectivity index (χ4v) is 2.33. The molecule has 0 unspecified atom stereocenters. The number of nitrogens with one attached hydrogen (secondary N) is 1. The Kier molecular flexibility index (Phi) is 3.36. The molecule has 4 heteroatoms. The molecule has 0 spiro atoms. The topological polar surface area (TPSA) is 51.3 Å². The van der Waals surface area contributed by atoms with Gasteiger partial charge in [-0.3, -0.25) is 4.79 Å². The van der Waals surface area contributed by atoms with Crippen molar-refractivity contribution in [2.24, 2.45) is 0 Å². The Balaban J connectivity index is 2.22. The van der Waals surface area contributed by atoms with E-state index in [9.17, 15) is 4.79 Å². The lowest BCUT2D eigenvalue weighted by Gasteiger charge is -2.09. The van der Waals surface area contributed by atoms with Crippen molar-refractivity contribution >= 4 is 10.8 Å². The molecule has 0 saturated carbocycles. The second-order valence-corrected chi connectivity index (χ2v) is 4.70. The minimum atomic E-state index is -0.107. The highest BCUT2D eigenvalue weighted by molar-refractivity contribution is 5.85. The van der Waals surface area contributed by atoms with Crippen molar-refractivity contribution < 1.29 is 9.47 Å². The molecule has 0 atom stereocenters. The lowest BCUT2D eigenvalue weighted by atomic mass is 10.1. The number of pyridine rings is 1. The second kappa shape index (κ2) is 5.32. The van der Waals surface area contributed by atoms with Crippen LogP contribution in [0.25, 0.3) is 22.0 Å². The lowest BCUT2D eigenvalue weighted by Crippen LogP contribution is -2.07. The van der Waals surface area contributed by atoms with Crippen molar-refractivity contribution in [3.05, 3.63) is 58.9 Å². The molecule has 3 aromatic rings. The Morgan fingerprint density at radius 2 is 1.57 bits per heavy atom. The number of hydrogen-bond acceptors (Lipinski definition) is 3. The van der Waals surface area contributed by atoms with Gasteiger partial charge in [0.2, 0.25) is 0 Å². The van der Waals surface area contributed by atoms with Gasteiger partial charge in [0.05, 0.1) is 14.2 Å². The molecule has 0 saturated heterocycles. The summed E-state index contributed by atoms with van der Waals surface area (Å²) in [5.41, 5.74) is 1.47. The molecule has 4 nitrogen and oxygen atoms in total. The van der Waals surface area contributed by atoms with E-state index in [-0.39, 0.29) is 5.56 Å². The van der Waals surface area contributed by atoms with E-state index in [4.69, 9.17) is 9.47 Å². The highest BCUT2D eigenvalue weighted by Crippen LogP contribution is 2.29. The number of aromatic amines is 1. The zero-order chi connectivity index (χ0) is 14.8. The van der Waals surface area contributed by atoms with Crippen LogP contribution in [0.1, 0.15) is 0 Å². The van der Waals surface area contributed by atoms with E-state index in [0.717, 1.165) is 16.6 Å². The second-order valence-electron chi connectivity index (χ2n) is 4.70. The molecule has 106 valence electrons. The first kappa shape index (κ1) is 13.2. The van der Waals surface area contributed by atoms with Crippen molar-refractivity contribution in [1.29, 1.82) is 0 Å². The van der Waals surface area contributed by atoms with Gasteiger partial charge < -0.3 is 14.5 Å². The van der Waals surface area contributed by atoms with Crippen LogP contribution in [0.15, 0.2) is 53.3 Å². The first-order chi connectivity index (χ1) is 10.2. The van der Waals surface area contributed by atoms with E-state index in [1.807, 2.05) is 42.5 Å². The summed E-state index contributed by atoms with van der Waals surface area (Å²) >= 11 is 0. The van der Waals surface area contributed by atoms with Crippen molar-refractivity contribution in [2.45, 2.75) is 0 Å². The van der Waals surface area contributed by atoms with Crippen LogP contribution in [-0.2, 0) is 0 Å². The monoisotopic (exact) mass is 281 g/mol. The summed E-state index contributed by atoms with van der Waals surface area (Å²) < 4.78 is 10.5. The van der Waals surface area contributed by atoms with E-state index in [1.165, 1.54) is 0 Å². The van der Waals surface area contributed by atoms with Crippen molar-refractivity contribution in [3.63, 3.8) is 0 Å². The normalized spacial score (nSPS) is 10.6. The third-order valence-corrected chi connectivity index (χ3v) is 3.42. The molecule has 1 heterocycles. The standard InChI is InChI=1S/C17H15NO3/c1-20-13-7-12(8-14(10-13)21-2)16-9-11-5-3-4-6-15(11)17(19)18-16/h3-10H,1-2H3,(H,18,19). The molecule has 0 aliphatic heterocycles. The van der Waals surface area contributed by atoms with Crippen molar-refractivity contribution in [3.8, 4) is 22.8 Å². The van der Waals surface area contributed by atoms with E-state index < -0.39 is 0 Å². The van der Waals surface area contributed by atoms with Gasteiger partial charge in [-0.05, 0) is 29.7 Å². The Morgan fingerprint density at radius 1 is 0.905 bits per heavy atom. The number of fused-ring (bicyclic) bond motifs is 1. The molecule has 1 aromatic heterocycles. The first-order valence-corrected chi connectivity index (χ1v) is 6.57. The molecular weight excluding hydrogens is 266 g/mol. The van der Waals surface area contributed by atoms with E-state index in [0.29, 0.717) is 16.9 Å². The fourth-order valence-electron chi connectivity index (χ4n) is 2.33. The third-order valence-electron chi connectivity index (χ3n) is 3.42. The maximum Gasteiger partial charge on any atom is 0.256 e. The molecule has 0 radical (unpaired) electrons. The maximum atomic E-state index is 12.2. The molecule has 1 N–H and O–H groups in total. The molecule has 0 fully saturated rings. The van der Waals surface area contributed by atoms with Crippen LogP contribution >= 0.6 is 0 Å². The van der Waals surface area contributed by atoms with Crippen LogP contribution in [0, 0.1) is 0 Å². The van der Waals surface area contributed by atoms with Gasteiger partial charge >= 0.3 is 0 Å². The van der Waals surface area contributed by atoms with Crippen LogP contribution in [0.5, 0.6) is 11.5 Å². The smallest absolute Gasteiger partial charge is 0.256 e. The van der Waals surface area contributed by atoms with Gasteiger partial charge in [0.25, 0.3) is 5.56 Å². The summed E-state index contributed by atoms with van der Waals surface area (Å²) in [6.45, 7) is 0. The van der Waals surface area contributed by atoms with E-state index in [1.54, 1.807) is 20.3 Å². The summed E-state index contributed by atoms with van der Waals surface area (Å²) in [5, 5.41) is 1.58. The quantitative estimate of drug-likeness (QED) is 0.802. The summed E-state index contributed by atoms with van der Waals surface area (Å²) in [6.07, 6.45) is 0. The Morgan fingerprint density at radius 3 is 2.24 bits per heavy atom. The highest BCUT2D eigenvalue weighted by Gasteiger charge is 2.07. The predicted octanol–water partition coefficient (Wildman–Crippen LogP) is 3.21. The minimum Gasteiger partial charge on any atom is -0.497 e. The number of H-pyrrole nitrogens is 1. The summed E-state index contributed by atoms with van der Waals surface area (Å²) in [5.74, 6) is 1.36. The van der Waals surface area contributed by atoms with Gasteiger partial charge in [-0.1, -0.05) is 18.2 Å².